The van der Waals surface area contributed by atoms with Crippen molar-refractivity contribution in [2.75, 3.05) is 11.9 Å². The van der Waals surface area contributed by atoms with Gasteiger partial charge in [0.15, 0.2) is 0 Å². The fourth-order valence-electron chi connectivity index (χ4n) is 2.61. The maximum Gasteiger partial charge on any atom is 0.336 e. The highest BCUT2D eigenvalue weighted by Gasteiger charge is 2.24. The molecule has 0 spiro atoms. The van der Waals surface area contributed by atoms with Crippen molar-refractivity contribution in [1.29, 1.82) is 0 Å². The summed E-state index contributed by atoms with van der Waals surface area (Å²) < 4.78 is 0. The number of carboxylic acid groups (broad SMARTS) is 1. The van der Waals surface area contributed by atoms with Crippen LogP contribution in [0.1, 0.15) is 21.5 Å². The van der Waals surface area contributed by atoms with Gasteiger partial charge in [-0.25, -0.2) is 4.79 Å². The van der Waals surface area contributed by atoms with Crippen molar-refractivity contribution in [3.8, 4) is 0 Å². The van der Waals surface area contributed by atoms with E-state index in [9.17, 15) is 9.90 Å². The van der Waals surface area contributed by atoms with E-state index in [1.807, 2.05) is 42.3 Å². The summed E-state index contributed by atoms with van der Waals surface area (Å²) in [5.74, 6) is -0.938. The Balaban J connectivity index is 2.25. The summed E-state index contributed by atoms with van der Waals surface area (Å²) in [6, 6.07) is 11.3. The summed E-state index contributed by atoms with van der Waals surface area (Å²) in [4.78, 5) is 13.4. The minimum absolute atomic E-state index is 0.281. The average Bonchev–Trinajstić information content (AvgIpc) is 2.39. The van der Waals surface area contributed by atoms with Gasteiger partial charge < -0.3 is 10.0 Å². The van der Waals surface area contributed by atoms with Gasteiger partial charge in [-0.15, -0.1) is 0 Å². The van der Waals surface area contributed by atoms with Gasteiger partial charge in [0.05, 0.1) is 5.56 Å². The molecule has 0 radical (unpaired) electrons. The van der Waals surface area contributed by atoms with Crippen LogP contribution in [0.25, 0.3) is 0 Å². The highest BCUT2D eigenvalue weighted by Crippen LogP contribution is 2.40. The summed E-state index contributed by atoms with van der Waals surface area (Å²) in [7, 11) is 1.93. The molecule has 0 aromatic heterocycles. The van der Waals surface area contributed by atoms with Gasteiger partial charge in [0, 0.05) is 29.9 Å². The molecule has 19 heavy (non-hydrogen) atoms. The first-order valence-electron chi connectivity index (χ1n) is 5.95. The van der Waals surface area contributed by atoms with Gasteiger partial charge in [0.2, 0.25) is 0 Å². The van der Waals surface area contributed by atoms with E-state index in [4.69, 9.17) is 11.6 Å². The molecule has 96 valence electrons. The Morgan fingerprint density at radius 1 is 1.26 bits per heavy atom. The Morgan fingerprint density at radius 2 is 2.00 bits per heavy atom. The Kier molecular flexibility index (Phi) is 2.72. The van der Waals surface area contributed by atoms with Crippen molar-refractivity contribution in [1.82, 2.24) is 0 Å². The monoisotopic (exact) mass is 273 g/mol. The summed E-state index contributed by atoms with van der Waals surface area (Å²) in [5.41, 5.74) is 4.18. The minimum atomic E-state index is -0.938. The summed E-state index contributed by atoms with van der Waals surface area (Å²) in [6.07, 6.45) is 0.620. The predicted molar refractivity (Wildman–Crippen MR) is 75.7 cm³/mol. The van der Waals surface area contributed by atoms with Gasteiger partial charge in [-0.05, 0) is 29.3 Å². The van der Waals surface area contributed by atoms with Gasteiger partial charge >= 0.3 is 5.97 Å². The molecule has 0 amide bonds. The van der Waals surface area contributed by atoms with Gasteiger partial charge in [-0.2, -0.15) is 0 Å². The highest BCUT2D eigenvalue weighted by molar-refractivity contribution is 6.31. The number of rotatable bonds is 1. The lowest BCUT2D eigenvalue weighted by atomic mass is 9.92. The number of benzene rings is 2. The molecule has 0 atom stereocenters. The summed E-state index contributed by atoms with van der Waals surface area (Å²) in [5, 5.41) is 9.77. The second kappa shape index (κ2) is 4.28. The zero-order valence-electron chi connectivity index (χ0n) is 10.4. The lowest BCUT2D eigenvalue weighted by Gasteiger charge is -2.31. The normalized spacial score (nSPS) is 12.8. The Hall–Kier alpha value is -2.00. The zero-order chi connectivity index (χ0) is 13.6. The van der Waals surface area contributed by atoms with E-state index >= 15 is 0 Å². The van der Waals surface area contributed by atoms with Crippen molar-refractivity contribution in [2.45, 2.75) is 6.42 Å². The molecule has 0 saturated heterocycles. The molecule has 0 fully saturated rings. The second-order valence-corrected chi connectivity index (χ2v) is 5.06. The molecule has 0 saturated carbocycles. The molecule has 3 rings (SSSR count). The Labute approximate surface area is 116 Å². The fourth-order valence-corrected chi connectivity index (χ4v) is 2.82. The largest absolute Gasteiger partial charge is 0.478 e. The number of anilines is 2. The first-order chi connectivity index (χ1) is 9.08. The minimum Gasteiger partial charge on any atom is -0.478 e. The van der Waals surface area contributed by atoms with Crippen molar-refractivity contribution in [2.24, 2.45) is 0 Å². The second-order valence-electron chi connectivity index (χ2n) is 4.62. The van der Waals surface area contributed by atoms with Crippen LogP contribution in [0.15, 0.2) is 36.4 Å². The van der Waals surface area contributed by atoms with Crippen molar-refractivity contribution >= 4 is 28.9 Å². The molecular weight excluding hydrogens is 262 g/mol. The molecule has 1 N–H and O–H groups in total. The third-order valence-corrected chi connectivity index (χ3v) is 3.72. The lowest BCUT2D eigenvalue weighted by Crippen LogP contribution is -2.20. The Morgan fingerprint density at radius 3 is 2.74 bits per heavy atom. The zero-order valence-corrected chi connectivity index (χ0v) is 11.1. The van der Waals surface area contributed by atoms with Crippen LogP contribution in [0.4, 0.5) is 11.4 Å². The molecule has 2 aromatic carbocycles. The third kappa shape index (κ3) is 1.87. The molecule has 1 heterocycles. The SMILES string of the molecule is CN1c2ccccc2Cc2c(C(=O)O)cc(Cl)cc21. The van der Waals surface area contributed by atoms with Gasteiger partial charge in [0.25, 0.3) is 0 Å². The predicted octanol–water partition coefficient (Wildman–Crippen LogP) is 3.71. The van der Waals surface area contributed by atoms with Crippen LogP contribution >= 0.6 is 11.6 Å². The molecular formula is C15H12ClNO2. The summed E-state index contributed by atoms with van der Waals surface area (Å²) >= 11 is 6.03. The molecule has 0 bridgehead atoms. The average molecular weight is 274 g/mol. The van der Waals surface area contributed by atoms with E-state index in [2.05, 4.69) is 0 Å². The number of carboxylic acids is 1. The number of para-hydroxylation sites is 1. The first-order valence-corrected chi connectivity index (χ1v) is 6.33. The number of hydrogen-bond donors (Lipinski definition) is 1. The van der Waals surface area contributed by atoms with E-state index in [-0.39, 0.29) is 5.56 Å². The number of aromatic carboxylic acids is 1. The van der Waals surface area contributed by atoms with Crippen LogP contribution < -0.4 is 4.90 Å². The molecule has 4 heteroatoms. The lowest BCUT2D eigenvalue weighted by molar-refractivity contribution is 0.0696. The van der Waals surface area contributed by atoms with Crippen LogP contribution in [0.5, 0.6) is 0 Å². The van der Waals surface area contributed by atoms with E-state index in [0.717, 1.165) is 22.5 Å². The van der Waals surface area contributed by atoms with Gasteiger partial charge in [-0.1, -0.05) is 29.8 Å². The molecule has 1 aliphatic rings. The van der Waals surface area contributed by atoms with Crippen molar-refractivity contribution in [3.05, 3.63) is 58.1 Å². The molecule has 0 unspecified atom stereocenters. The summed E-state index contributed by atoms with van der Waals surface area (Å²) in [6.45, 7) is 0. The Bertz CT molecular complexity index is 682. The van der Waals surface area contributed by atoms with E-state index < -0.39 is 5.97 Å². The van der Waals surface area contributed by atoms with Crippen LogP contribution in [-0.4, -0.2) is 18.1 Å². The van der Waals surface area contributed by atoms with Crippen LogP contribution in [0.3, 0.4) is 0 Å². The quantitative estimate of drug-likeness (QED) is 0.861. The number of hydrogen-bond acceptors (Lipinski definition) is 2. The molecule has 0 aliphatic carbocycles. The van der Waals surface area contributed by atoms with Gasteiger partial charge in [-0.3, -0.25) is 0 Å². The van der Waals surface area contributed by atoms with Crippen molar-refractivity contribution in [3.63, 3.8) is 0 Å². The van der Waals surface area contributed by atoms with E-state index in [0.29, 0.717) is 11.4 Å². The van der Waals surface area contributed by atoms with Crippen LogP contribution in [0, 0.1) is 0 Å². The number of carbonyl (C=O) groups is 1. The first kappa shape index (κ1) is 12.1. The number of nitrogens with zero attached hydrogens (tertiary/aromatic N) is 1. The number of halogens is 1. The smallest absolute Gasteiger partial charge is 0.336 e. The molecule has 3 nitrogen and oxygen atoms in total. The van der Waals surface area contributed by atoms with E-state index in [1.165, 1.54) is 6.07 Å². The van der Waals surface area contributed by atoms with Crippen molar-refractivity contribution < 1.29 is 9.90 Å². The maximum atomic E-state index is 11.4. The fraction of sp³-hybridized carbons (Fsp3) is 0.133. The van der Waals surface area contributed by atoms with Crippen LogP contribution in [-0.2, 0) is 6.42 Å². The third-order valence-electron chi connectivity index (χ3n) is 3.50. The topological polar surface area (TPSA) is 40.5 Å². The van der Waals surface area contributed by atoms with Crippen LogP contribution in [0.2, 0.25) is 5.02 Å². The number of fused-ring (bicyclic) bond motifs is 2. The molecule has 2 aromatic rings. The highest BCUT2D eigenvalue weighted by atomic mass is 35.5. The molecule has 1 aliphatic heterocycles. The maximum absolute atomic E-state index is 11.4. The van der Waals surface area contributed by atoms with E-state index in [1.54, 1.807) is 0 Å². The standard InChI is InChI=1S/C15H12ClNO2/c1-17-13-5-3-2-4-9(13)6-11-12(15(18)19)7-10(16)8-14(11)17/h2-5,7-8H,6H2,1H3,(H,18,19). The van der Waals surface area contributed by atoms with Gasteiger partial charge in [0.1, 0.15) is 0 Å².